The SMILES string of the molecule is CCCCN(C)C1CCN(C(=S)Nc2cc(C)cc(C)c2)CC1. The number of benzene rings is 1. The van der Waals surface area contributed by atoms with Gasteiger partial charge in [0.1, 0.15) is 0 Å². The second kappa shape index (κ2) is 8.65. The van der Waals surface area contributed by atoms with Crippen molar-refractivity contribution in [2.45, 2.75) is 52.5 Å². The lowest BCUT2D eigenvalue weighted by molar-refractivity contribution is 0.163. The molecule has 1 saturated heterocycles. The maximum Gasteiger partial charge on any atom is 0.173 e. The number of nitrogens with zero attached hydrogens (tertiary/aromatic N) is 2. The number of likely N-dealkylation sites (tertiary alicyclic amines) is 1. The lowest BCUT2D eigenvalue weighted by atomic mass is 10.0. The smallest absolute Gasteiger partial charge is 0.173 e. The van der Waals surface area contributed by atoms with Crippen LogP contribution in [0.3, 0.4) is 0 Å². The number of unbranched alkanes of at least 4 members (excludes halogenated alkanes) is 1. The molecule has 0 aliphatic carbocycles. The van der Waals surface area contributed by atoms with Crippen molar-refractivity contribution >= 4 is 23.0 Å². The Morgan fingerprint density at radius 2 is 1.83 bits per heavy atom. The van der Waals surface area contributed by atoms with Gasteiger partial charge in [-0.15, -0.1) is 0 Å². The average molecular weight is 334 g/mol. The summed E-state index contributed by atoms with van der Waals surface area (Å²) in [6, 6.07) is 7.21. The number of thiocarbonyl (C=S) groups is 1. The first-order valence-electron chi connectivity index (χ1n) is 8.84. The minimum atomic E-state index is 0.710. The highest BCUT2D eigenvalue weighted by Crippen LogP contribution is 2.19. The maximum absolute atomic E-state index is 5.62. The van der Waals surface area contributed by atoms with Crippen LogP contribution in [0.5, 0.6) is 0 Å². The molecule has 1 aliphatic rings. The average Bonchev–Trinajstić information content (AvgIpc) is 2.51. The van der Waals surface area contributed by atoms with Gasteiger partial charge >= 0.3 is 0 Å². The van der Waals surface area contributed by atoms with E-state index in [1.807, 2.05) is 0 Å². The van der Waals surface area contributed by atoms with Gasteiger partial charge < -0.3 is 15.1 Å². The third-order valence-corrected chi connectivity index (χ3v) is 5.07. The Hall–Kier alpha value is -1.13. The van der Waals surface area contributed by atoms with Gasteiger partial charge in [0.15, 0.2) is 5.11 Å². The quantitative estimate of drug-likeness (QED) is 0.814. The fourth-order valence-corrected chi connectivity index (χ4v) is 3.65. The molecule has 1 fully saturated rings. The Morgan fingerprint density at radius 3 is 2.39 bits per heavy atom. The van der Waals surface area contributed by atoms with E-state index in [2.05, 4.69) is 61.1 Å². The summed E-state index contributed by atoms with van der Waals surface area (Å²) >= 11 is 5.62. The highest BCUT2D eigenvalue weighted by Gasteiger charge is 2.23. The zero-order valence-corrected chi connectivity index (χ0v) is 15.9. The van der Waals surface area contributed by atoms with Gasteiger partial charge in [0, 0.05) is 24.8 Å². The van der Waals surface area contributed by atoms with Crippen LogP contribution in [0.15, 0.2) is 18.2 Å². The van der Waals surface area contributed by atoms with Gasteiger partial charge in [0.25, 0.3) is 0 Å². The van der Waals surface area contributed by atoms with Crippen LogP contribution in [-0.4, -0.2) is 47.6 Å². The molecule has 1 aromatic rings. The molecular weight excluding hydrogens is 302 g/mol. The molecule has 2 rings (SSSR count). The van der Waals surface area contributed by atoms with Gasteiger partial charge in [-0.1, -0.05) is 19.4 Å². The van der Waals surface area contributed by atoms with Crippen molar-refractivity contribution in [1.82, 2.24) is 9.80 Å². The third-order valence-electron chi connectivity index (χ3n) is 4.71. The van der Waals surface area contributed by atoms with Crippen LogP contribution in [0.25, 0.3) is 0 Å². The summed E-state index contributed by atoms with van der Waals surface area (Å²) in [5, 5.41) is 4.28. The molecule has 128 valence electrons. The van der Waals surface area contributed by atoms with E-state index in [0.29, 0.717) is 6.04 Å². The molecule has 4 heteroatoms. The zero-order chi connectivity index (χ0) is 16.8. The number of piperidine rings is 1. The molecule has 0 radical (unpaired) electrons. The van der Waals surface area contributed by atoms with E-state index in [0.717, 1.165) is 23.9 Å². The van der Waals surface area contributed by atoms with Crippen LogP contribution >= 0.6 is 12.2 Å². The number of hydrogen-bond acceptors (Lipinski definition) is 2. The Bertz CT molecular complexity index is 501. The van der Waals surface area contributed by atoms with E-state index in [-0.39, 0.29) is 0 Å². The van der Waals surface area contributed by atoms with Gasteiger partial charge in [0.2, 0.25) is 0 Å². The van der Waals surface area contributed by atoms with Crippen molar-refractivity contribution in [2.75, 3.05) is 32.0 Å². The van der Waals surface area contributed by atoms with E-state index in [4.69, 9.17) is 12.2 Å². The van der Waals surface area contributed by atoms with E-state index < -0.39 is 0 Å². The molecule has 23 heavy (non-hydrogen) atoms. The number of aryl methyl sites for hydroxylation is 2. The Labute approximate surface area is 147 Å². The van der Waals surface area contributed by atoms with Crippen LogP contribution in [0, 0.1) is 13.8 Å². The third kappa shape index (κ3) is 5.47. The van der Waals surface area contributed by atoms with Crippen LogP contribution in [0.4, 0.5) is 5.69 Å². The molecule has 0 aromatic heterocycles. The minimum Gasteiger partial charge on any atom is -0.349 e. The highest BCUT2D eigenvalue weighted by atomic mass is 32.1. The second-order valence-corrected chi connectivity index (χ2v) is 7.25. The van der Waals surface area contributed by atoms with E-state index in [1.54, 1.807) is 0 Å². The van der Waals surface area contributed by atoms with Crippen LogP contribution in [0.1, 0.15) is 43.7 Å². The molecule has 0 unspecified atom stereocenters. The van der Waals surface area contributed by atoms with Crippen molar-refractivity contribution in [3.63, 3.8) is 0 Å². The van der Waals surface area contributed by atoms with Gasteiger partial charge in [0.05, 0.1) is 0 Å². The van der Waals surface area contributed by atoms with Crippen LogP contribution < -0.4 is 5.32 Å². The van der Waals surface area contributed by atoms with Crippen LogP contribution in [-0.2, 0) is 0 Å². The van der Waals surface area contributed by atoms with Crippen molar-refractivity contribution in [2.24, 2.45) is 0 Å². The van der Waals surface area contributed by atoms with Gasteiger partial charge in [-0.25, -0.2) is 0 Å². The van der Waals surface area contributed by atoms with Gasteiger partial charge in [-0.3, -0.25) is 0 Å². The fourth-order valence-electron chi connectivity index (χ4n) is 3.35. The van der Waals surface area contributed by atoms with Crippen molar-refractivity contribution < 1.29 is 0 Å². The standard InChI is InChI=1S/C19H31N3S/c1-5-6-9-21(4)18-7-10-22(11-8-18)19(23)20-17-13-15(2)12-16(3)14-17/h12-14,18H,5-11H2,1-4H3,(H,20,23). The number of anilines is 1. The monoisotopic (exact) mass is 333 g/mol. The van der Waals surface area contributed by atoms with Gasteiger partial charge in [-0.05, 0) is 82.2 Å². The summed E-state index contributed by atoms with van der Waals surface area (Å²) in [5.41, 5.74) is 3.65. The normalized spacial score (nSPS) is 16.0. The summed E-state index contributed by atoms with van der Waals surface area (Å²) in [7, 11) is 2.27. The molecule has 0 saturated carbocycles. The topological polar surface area (TPSA) is 18.5 Å². The minimum absolute atomic E-state index is 0.710. The predicted molar refractivity (Wildman–Crippen MR) is 104 cm³/mol. The zero-order valence-electron chi connectivity index (χ0n) is 15.1. The largest absolute Gasteiger partial charge is 0.349 e. The van der Waals surface area contributed by atoms with Gasteiger partial charge in [-0.2, -0.15) is 0 Å². The summed E-state index contributed by atoms with van der Waals surface area (Å²) in [6.45, 7) is 9.83. The highest BCUT2D eigenvalue weighted by molar-refractivity contribution is 7.80. The fraction of sp³-hybridized carbons (Fsp3) is 0.632. The molecule has 0 spiro atoms. The molecule has 1 aliphatic heterocycles. The molecule has 0 amide bonds. The lowest BCUT2D eigenvalue weighted by Crippen LogP contribution is -2.47. The Balaban J connectivity index is 1.83. The number of hydrogen-bond donors (Lipinski definition) is 1. The molecule has 1 N–H and O–H groups in total. The Kier molecular flexibility index (Phi) is 6.85. The second-order valence-electron chi connectivity index (χ2n) is 6.86. The predicted octanol–water partition coefficient (Wildman–Crippen LogP) is 4.20. The molecule has 1 aromatic carbocycles. The first kappa shape index (κ1) is 18.2. The number of rotatable bonds is 5. The van der Waals surface area contributed by atoms with Crippen molar-refractivity contribution in [3.8, 4) is 0 Å². The molecule has 1 heterocycles. The summed E-state index contributed by atoms with van der Waals surface area (Å²) in [4.78, 5) is 4.85. The molecule has 0 atom stereocenters. The summed E-state index contributed by atoms with van der Waals surface area (Å²) in [6.07, 6.45) is 4.97. The number of nitrogens with one attached hydrogen (secondary N) is 1. The Morgan fingerprint density at radius 1 is 1.22 bits per heavy atom. The molecular formula is C19H31N3S. The van der Waals surface area contributed by atoms with Crippen molar-refractivity contribution in [1.29, 1.82) is 0 Å². The van der Waals surface area contributed by atoms with E-state index in [9.17, 15) is 0 Å². The summed E-state index contributed by atoms with van der Waals surface area (Å²) in [5.74, 6) is 0. The lowest BCUT2D eigenvalue weighted by Gasteiger charge is -2.38. The molecule has 0 bridgehead atoms. The van der Waals surface area contributed by atoms with E-state index >= 15 is 0 Å². The van der Waals surface area contributed by atoms with Crippen LogP contribution in [0.2, 0.25) is 0 Å². The molecule has 3 nitrogen and oxygen atoms in total. The maximum atomic E-state index is 5.62. The van der Waals surface area contributed by atoms with Crippen molar-refractivity contribution in [3.05, 3.63) is 29.3 Å². The summed E-state index contributed by atoms with van der Waals surface area (Å²) < 4.78 is 0. The van der Waals surface area contributed by atoms with E-state index in [1.165, 1.54) is 43.4 Å². The first-order valence-corrected chi connectivity index (χ1v) is 9.25. The first-order chi connectivity index (χ1) is 11.0.